The van der Waals surface area contributed by atoms with Gasteiger partial charge in [0.1, 0.15) is 11.3 Å². The molecule has 0 aromatic heterocycles. The lowest BCUT2D eigenvalue weighted by molar-refractivity contribution is -0.132. The van der Waals surface area contributed by atoms with E-state index in [0.717, 1.165) is 24.9 Å². The number of nitrogens with zero attached hydrogens (tertiary/aromatic N) is 2. The molecule has 1 atom stereocenters. The van der Waals surface area contributed by atoms with Gasteiger partial charge in [-0.2, -0.15) is 0 Å². The van der Waals surface area contributed by atoms with E-state index >= 15 is 0 Å². The summed E-state index contributed by atoms with van der Waals surface area (Å²) in [6, 6.07) is 16.0. The molecule has 0 spiro atoms. The molecule has 0 unspecified atom stereocenters. The first-order valence-corrected chi connectivity index (χ1v) is 10.9. The fraction of sp³-hybridized carbons (Fsp3) is 0.440. The monoisotopic (exact) mass is 421 g/mol. The van der Waals surface area contributed by atoms with Crippen molar-refractivity contribution in [2.24, 2.45) is 0 Å². The fourth-order valence-corrected chi connectivity index (χ4v) is 4.11. The highest BCUT2D eigenvalue weighted by Gasteiger charge is 2.50. The van der Waals surface area contributed by atoms with Crippen LogP contribution in [0.1, 0.15) is 56.2 Å². The average Bonchev–Trinajstić information content (AvgIpc) is 3.58. The molecular formula is C25H31N3O3. The molecule has 0 radical (unpaired) electrons. The van der Waals surface area contributed by atoms with Gasteiger partial charge in [-0.3, -0.25) is 9.69 Å². The summed E-state index contributed by atoms with van der Waals surface area (Å²) in [5, 5.41) is 2.90. The zero-order valence-electron chi connectivity index (χ0n) is 18.7. The Bertz CT molecular complexity index is 968. The van der Waals surface area contributed by atoms with Crippen molar-refractivity contribution in [3.63, 3.8) is 0 Å². The fourth-order valence-electron chi connectivity index (χ4n) is 4.11. The molecule has 2 aliphatic rings. The molecule has 1 saturated carbocycles. The quantitative estimate of drug-likeness (QED) is 0.649. The van der Waals surface area contributed by atoms with Gasteiger partial charge >= 0.3 is 6.03 Å². The number of hydrogen-bond donors (Lipinski definition) is 1. The van der Waals surface area contributed by atoms with E-state index in [0.29, 0.717) is 24.4 Å². The maximum atomic E-state index is 13.4. The molecule has 3 amide bonds. The van der Waals surface area contributed by atoms with Gasteiger partial charge in [0.25, 0.3) is 5.91 Å². The minimum Gasteiger partial charge on any atom is -0.497 e. The summed E-state index contributed by atoms with van der Waals surface area (Å²) < 4.78 is 5.30. The van der Waals surface area contributed by atoms with E-state index in [1.165, 1.54) is 16.0 Å². The summed E-state index contributed by atoms with van der Waals surface area (Å²) in [4.78, 5) is 29.8. The minimum atomic E-state index is -1.10. The molecule has 6 nitrogen and oxygen atoms in total. The Hall–Kier alpha value is -2.86. The SMILES string of the molecule is COc1cccc([C@]2(C)NC(=O)N(CN(Cc3ccc(C(C)C)cc3)C3CC3)C2=O)c1. The highest BCUT2D eigenvalue weighted by molar-refractivity contribution is 6.07. The predicted octanol–water partition coefficient (Wildman–Crippen LogP) is 4.21. The molecule has 1 aliphatic heterocycles. The van der Waals surface area contributed by atoms with Gasteiger partial charge in [0.2, 0.25) is 0 Å². The van der Waals surface area contributed by atoms with Crippen LogP contribution in [0.5, 0.6) is 5.75 Å². The molecule has 0 bridgehead atoms. The third-order valence-electron chi connectivity index (χ3n) is 6.34. The molecule has 2 fully saturated rings. The van der Waals surface area contributed by atoms with Crippen molar-refractivity contribution in [3.8, 4) is 5.75 Å². The van der Waals surface area contributed by atoms with Crippen molar-refractivity contribution < 1.29 is 14.3 Å². The smallest absolute Gasteiger partial charge is 0.326 e. The van der Waals surface area contributed by atoms with Gasteiger partial charge in [-0.15, -0.1) is 0 Å². The summed E-state index contributed by atoms with van der Waals surface area (Å²) >= 11 is 0. The van der Waals surface area contributed by atoms with Crippen LogP contribution < -0.4 is 10.1 Å². The van der Waals surface area contributed by atoms with Crippen LogP contribution >= 0.6 is 0 Å². The van der Waals surface area contributed by atoms with Crippen LogP contribution in [0.25, 0.3) is 0 Å². The summed E-state index contributed by atoms with van der Waals surface area (Å²) in [7, 11) is 1.59. The maximum absolute atomic E-state index is 13.4. The van der Waals surface area contributed by atoms with Gasteiger partial charge in [0, 0.05) is 12.6 Å². The number of nitrogens with one attached hydrogen (secondary N) is 1. The Balaban J connectivity index is 1.51. The summed E-state index contributed by atoms with van der Waals surface area (Å²) in [5.41, 5.74) is 2.12. The highest BCUT2D eigenvalue weighted by atomic mass is 16.5. The Kier molecular flexibility index (Phi) is 5.75. The highest BCUT2D eigenvalue weighted by Crippen LogP contribution is 2.33. The molecule has 164 valence electrons. The number of methoxy groups -OCH3 is 1. The van der Waals surface area contributed by atoms with Gasteiger partial charge in [-0.1, -0.05) is 50.2 Å². The second-order valence-electron chi connectivity index (χ2n) is 9.04. The van der Waals surface area contributed by atoms with Crippen molar-refractivity contribution in [1.29, 1.82) is 0 Å². The van der Waals surface area contributed by atoms with Crippen LogP contribution in [-0.2, 0) is 16.9 Å². The number of ether oxygens (including phenoxy) is 1. The van der Waals surface area contributed by atoms with Crippen LogP contribution in [0.4, 0.5) is 4.79 Å². The number of carbonyl (C=O) groups excluding carboxylic acids is 2. The molecule has 1 N–H and O–H groups in total. The normalized spacial score (nSPS) is 21.2. The largest absolute Gasteiger partial charge is 0.497 e. The van der Waals surface area contributed by atoms with Gasteiger partial charge in [-0.25, -0.2) is 9.69 Å². The maximum Gasteiger partial charge on any atom is 0.326 e. The number of hydrogen-bond acceptors (Lipinski definition) is 4. The Morgan fingerprint density at radius 2 is 1.87 bits per heavy atom. The first-order valence-electron chi connectivity index (χ1n) is 10.9. The second-order valence-corrected chi connectivity index (χ2v) is 9.04. The molecule has 2 aromatic rings. The molecule has 2 aromatic carbocycles. The number of amides is 3. The number of carbonyl (C=O) groups is 2. The van der Waals surface area contributed by atoms with Crippen molar-refractivity contribution in [2.75, 3.05) is 13.8 Å². The topological polar surface area (TPSA) is 61.9 Å². The summed E-state index contributed by atoms with van der Waals surface area (Å²) in [6.07, 6.45) is 2.20. The third-order valence-corrected chi connectivity index (χ3v) is 6.34. The first-order chi connectivity index (χ1) is 14.8. The Morgan fingerprint density at radius 3 is 2.48 bits per heavy atom. The number of imide groups is 1. The van der Waals surface area contributed by atoms with E-state index in [2.05, 4.69) is 48.3 Å². The number of benzene rings is 2. The molecule has 1 aliphatic carbocycles. The lowest BCUT2D eigenvalue weighted by Crippen LogP contribution is -2.44. The average molecular weight is 422 g/mol. The molecule has 4 rings (SSSR count). The van der Waals surface area contributed by atoms with Crippen molar-refractivity contribution >= 4 is 11.9 Å². The lowest BCUT2D eigenvalue weighted by Gasteiger charge is -2.27. The Labute approximate surface area is 184 Å². The van der Waals surface area contributed by atoms with Gasteiger partial charge < -0.3 is 10.1 Å². The van der Waals surface area contributed by atoms with Crippen LogP contribution in [0.3, 0.4) is 0 Å². The molecule has 6 heteroatoms. The van der Waals surface area contributed by atoms with Crippen molar-refractivity contribution in [2.45, 2.75) is 57.7 Å². The van der Waals surface area contributed by atoms with Gasteiger partial charge in [0.05, 0.1) is 13.8 Å². The number of rotatable bonds is 8. The Morgan fingerprint density at radius 1 is 1.16 bits per heavy atom. The molecular weight excluding hydrogens is 390 g/mol. The van der Waals surface area contributed by atoms with E-state index < -0.39 is 5.54 Å². The van der Waals surface area contributed by atoms with Gasteiger partial charge in [-0.05, 0) is 54.5 Å². The van der Waals surface area contributed by atoms with E-state index in [4.69, 9.17) is 4.74 Å². The van der Waals surface area contributed by atoms with Crippen LogP contribution in [-0.4, -0.2) is 41.6 Å². The lowest BCUT2D eigenvalue weighted by atomic mass is 9.92. The van der Waals surface area contributed by atoms with Gasteiger partial charge in [0.15, 0.2) is 0 Å². The molecule has 1 saturated heterocycles. The van der Waals surface area contributed by atoms with Crippen LogP contribution in [0.15, 0.2) is 48.5 Å². The zero-order chi connectivity index (χ0) is 22.2. The molecule has 31 heavy (non-hydrogen) atoms. The standard InChI is InChI=1S/C25H31N3O3/c1-17(2)19-10-8-18(9-11-19)15-27(21-12-13-21)16-28-23(29)25(3,26-24(28)30)20-6-5-7-22(14-20)31-4/h5-11,14,17,21H,12-13,15-16H2,1-4H3,(H,26,30)/t25-/m0/s1. The summed E-state index contributed by atoms with van der Waals surface area (Å²) in [5.74, 6) is 0.920. The third kappa shape index (κ3) is 4.30. The van der Waals surface area contributed by atoms with E-state index in [-0.39, 0.29) is 11.9 Å². The van der Waals surface area contributed by atoms with Crippen molar-refractivity contribution in [3.05, 3.63) is 65.2 Å². The zero-order valence-corrected chi connectivity index (χ0v) is 18.7. The number of urea groups is 1. The van der Waals surface area contributed by atoms with E-state index in [1.807, 2.05) is 18.2 Å². The van der Waals surface area contributed by atoms with Crippen LogP contribution in [0.2, 0.25) is 0 Å². The van der Waals surface area contributed by atoms with E-state index in [1.54, 1.807) is 20.1 Å². The second kappa shape index (κ2) is 8.35. The first kappa shape index (κ1) is 21.4. The summed E-state index contributed by atoms with van der Waals surface area (Å²) in [6.45, 7) is 7.13. The van der Waals surface area contributed by atoms with Crippen LogP contribution in [0, 0.1) is 0 Å². The predicted molar refractivity (Wildman–Crippen MR) is 120 cm³/mol. The van der Waals surface area contributed by atoms with E-state index in [9.17, 15) is 9.59 Å². The minimum absolute atomic E-state index is 0.230. The molecule has 1 heterocycles. The van der Waals surface area contributed by atoms with Crippen molar-refractivity contribution in [1.82, 2.24) is 15.1 Å².